The number of nitrogens with zero attached hydrogens (tertiary/aromatic N) is 2. The molecule has 0 saturated carbocycles. The Bertz CT molecular complexity index is 515. The van der Waals surface area contributed by atoms with Gasteiger partial charge in [0.2, 0.25) is 0 Å². The Hall–Kier alpha value is -1.75. The highest BCUT2D eigenvalue weighted by Crippen LogP contribution is 2.26. The number of rotatable bonds is 1. The normalized spacial score (nSPS) is 17.3. The second-order valence-corrected chi connectivity index (χ2v) is 4.14. The molecule has 1 aliphatic rings. The SMILES string of the molecule is Nc1cccc2oc(N3CCCOCC3)nc12. The van der Waals surface area contributed by atoms with Gasteiger partial charge in [0.15, 0.2) is 5.58 Å². The van der Waals surface area contributed by atoms with E-state index in [1.807, 2.05) is 18.2 Å². The smallest absolute Gasteiger partial charge is 0.298 e. The van der Waals surface area contributed by atoms with Crippen molar-refractivity contribution in [1.82, 2.24) is 4.98 Å². The summed E-state index contributed by atoms with van der Waals surface area (Å²) in [6, 6.07) is 6.23. The monoisotopic (exact) mass is 233 g/mol. The molecule has 1 saturated heterocycles. The first-order valence-corrected chi connectivity index (χ1v) is 5.82. The van der Waals surface area contributed by atoms with Crippen LogP contribution in [0.4, 0.5) is 11.7 Å². The predicted molar refractivity (Wildman–Crippen MR) is 66.1 cm³/mol. The van der Waals surface area contributed by atoms with Gasteiger partial charge in [-0.05, 0) is 18.6 Å². The molecular weight excluding hydrogens is 218 g/mol. The minimum absolute atomic E-state index is 0.642. The van der Waals surface area contributed by atoms with E-state index in [1.165, 1.54) is 0 Å². The fraction of sp³-hybridized carbons (Fsp3) is 0.417. The van der Waals surface area contributed by atoms with Gasteiger partial charge in [0.25, 0.3) is 6.01 Å². The summed E-state index contributed by atoms with van der Waals surface area (Å²) < 4.78 is 11.1. The maximum atomic E-state index is 5.86. The molecule has 0 atom stereocenters. The first-order valence-electron chi connectivity index (χ1n) is 5.82. The van der Waals surface area contributed by atoms with E-state index in [9.17, 15) is 0 Å². The van der Waals surface area contributed by atoms with Gasteiger partial charge in [0.05, 0.1) is 12.3 Å². The van der Waals surface area contributed by atoms with E-state index in [2.05, 4.69) is 9.88 Å². The fourth-order valence-electron chi connectivity index (χ4n) is 2.03. The summed E-state index contributed by atoms with van der Waals surface area (Å²) in [5.41, 5.74) is 8.00. The van der Waals surface area contributed by atoms with E-state index in [0.29, 0.717) is 18.3 Å². The zero-order valence-corrected chi connectivity index (χ0v) is 9.56. The molecule has 1 aromatic heterocycles. The highest BCUT2D eigenvalue weighted by molar-refractivity contribution is 5.86. The fourth-order valence-corrected chi connectivity index (χ4v) is 2.03. The van der Waals surface area contributed by atoms with Gasteiger partial charge in [-0.25, -0.2) is 0 Å². The number of aromatic nitrogens is 1. The van der Waals surface area contributed by atoms with Crippen molar-refractivity contribution in [3.05, 3.63) is 18.2 Å². The third-order valence-corrected chi connectivity index (χ3v) is 2.93. The van der Waals surface area contributed by atoms with Gasteiger partial charge in [-0.3, -0.25) is 0 Å². The molecule has 90 valence electrons. The number of oxazole rings is 1. The quantitative estimate of drug-likeness (QED) is 0.758. The highest BCUT2D eigenvalue weighted by Gasteiger charge is 2.16. The molecule has 2 N–H and O–H groups in total. The van der Waals surface area contributed by atoms with Gasteiger partial charge < -0.3 is 19.8 Å². The van der Waals surface area contributed by atoms with Crippen LogP contribution in [0.2, 0.25) is 0 Å². The third kappa shape index (κ3) is 1.93. The summed E-state index contributed by atoms with van der Waals surface area (Å²) in [4.78, 5) is 6.56. The predicted octanol–water partition coefficient (Wildman–Crippen LogP) is 1.64. The Morgan fingerprint density at radius 3 is 3.06 bits per heavy atom. The average molecular weight is 233 g/mol. The van der Waals surface area contributed by atoms with Crippen molar-refractivity contribution in [2.24, 2.45) is 0 Å². The number of hydrogen-bond donors (Lipinski definition) is 1. The zero-order chi connectivity index (χ0) is 11.7. The summed E-state index contributed by atoms with van der Waals surface area (Å²) in [5.74, 6) is 0. The number of anilines is 2. The number of nitrogen functional groups attached to an aromatic ring is 1. The molecule has 1 aliphatic heterocycles. The average Bonchev–Trinajstić information content (AvgIpc) is 2.59. The highest BCUT2D eigenvalue weighted by atomic mass is 16.5. The summed E-state index contributed by atoms with van der Waals surface area (Å²) in [7, 11) is 0. The van der Waals surface area contributed by atoms with Crippen LogP contribution < -0.4 is 10.6 Å². The summed E-state index contributed by atoms with van der Waals surface area (Å²) in [5, 5.41) is 0. The Morgan fingerprint density at radius 2 is 2.18 bits per heavy atom. The summed E-state index contributed by atoms with van der Waals surface area (Å²) >= 11 is 0. The van der Waals surface area contributed by atoms with Gasteiger partial charge in [0, 0.05) is 19.7 Å². The molecule has 0 aliphatic carbocycles. The molecule has 17 heavy (non-hydrogen) atoms. The van der Waals surface area contributed by atoms with Crippen LogP contribution in [0.25, 0.3) is 11.1 Å². The first-order chi connectivity index (χ1) is 8.34. The second kappa shape index (κ2) is 4.25. The Balaban J connectivity index is 1.96. The van der Waals surface area contributed by atoms with Crippen LogP contribution in [-0.2, 0) is 4.74 Å². The number of benzene rings is 1. The largest absolute Gasteiger partial charge is 0.423 e. The Morgan fingerprint density at radius 1 is 1.24 bits per heavy atom. The maximum absolute atomic E-state index is 5.86. The molecular formula is C12H15N3O2. The van der Waals surface area contributed by atoms with Gasteiger partial charge in [-0.1, -0.05) is 6.07 Å². The molecule has 0 amide bonds. The molecule has 3 rings (SSSR count). The Labute approximate surface area is 99.2 Å². The molecule has 0 bridgehead atoms. The molecule has 0 spiro atoms. The number of fused-ring (bicyclic) bond motifs is 1. The maximum Gasteiger partial charge on any atom is 0.298 e. The van der Waals surface area contributed by atoms with Crippen LogP contribution >= 0.6 is 0 Å². The zero-order valence-electron chi connectivity index (χ0n) is 9.56. The standard InChI is InChI=1S/C12H15N3O2/c13-9-3-1-4-10-11(9)14-12(17-10)15-5-2-7-16-8-6-15/h1,3-4H,2,5-8,13H2. The minimum Gasteiger partial charge on any atom is -0.423 e. The molecule has 1 fully saturated rings. The van der Waals surface area contributed by atoms with E-state index in [4.69, 9.17) is 14.9 Å². The number of ether oxygens (including phenoxy) is 1. The summed E-state index contributed by atoms with van der Waals surface area (Å²) in [6.07, 6.45) is 0.994. The Kier molecular flexibility index (Phi) is 2.60. The molecule has 2 heterocycles. The van der Waals surface area contributed by atoms with E-state index in [1.54, 1.807) is 0 Å². The van der Waals surface area contributed by atoms with Gasteiger partial charge in [0.1, 0.15) is 5.52 Å². The lowest BCUT2D eigenvalue weighted by atomic mass is 10.3. The van der Waals surface area contributed by atoms with Crippen molar-refractivity contribution in [3.8, 4) is 0 Å². The van der Waals surface area contributed by atoms with Crippen LogP contribution in [0.1, 0.15) is 6.42 Å². The van der Waals surface area contributed by atoms with Gasteiger partial charge in [-0.2, -0.15) is 4.98 Å². The first kappa shape index (κ1) is 10.4. The summed E-state index contributed by atoms with van der Waals surface area (Å²) in [6.45, 7) is 3.24. The number of para-hydroxylation sites is 1. The van der Waals surface area contributed by atoms with Crippen LogP contribution in [0.5, 0.6) is 0 Å². The molecule has 2 aromatic rings. The van der Waals surface area contributed by atoms with Gasteiger partial charge in [-0.15, -0.1) is 0 Å². The molecule has 1 aromatic carbocycles. The van der Waals surface area contributed by atoms with E-state index < -0.39 is 0 Å². The molecule has 5 heteroatoms. The van der Waals surface area contributed by atoms with Gasteiger partial charge >= 0.3 is 0 Å². The van der Waals surface area contributed by atoms with Crippen molar-refractivity contribution >= 4 is 22.8 Å². The minimum atomic E-state index is 0.642. The number of hydrogen-bond acceptors (Lipinski definition) is 5. The van der Waals surface area contributed by atoms with Crippen molar-refractivity contribution in [1.29, 1.82) is 0 Å². The van der Waals surface area contributed by atoms with Crippen molar-refractivity contribution in [2.45, 2.75) is 6.42 Å². The molecule has 5 nitrogen and oxygen atoms in total. The van der Waals surface area contributed by atoms with E-state index in [0.717, 1.165) is 37.2 Å². The molecule has 0 radical (unpaired) electrons. The van der Waals surface area contributed by atoms with Crippen LogP contribution in [0.3, 0.4) is 0 Å². The van der Waals surface area contributed by atoms with E-state index in [-0.39, 0.29) is 0 Å². The van der Waals surface area contributed by atoms with Crippen LogP contribution in [0, 0.1) is 0 Å². The van der Waals surface area contributed by atoms with Crippen molar-refractivity contribution in [3.63, 3.8) is 0 Å². The van der Waals surface area contributed by atoms with Crippen molar-refractivity contribution < 1.29 is 9.15 Å². The lowest BCUT2D eigenvalue weighted by Gasteiger charge is -2.15. The van der Waals surface area contributed by atoms with Crippen LogP contribution in [-0.4, -0.2) is 31.3 Å². The van der Waals surface area contributed by atoms with E-state index >= 15 is 0 Å². The topological polar surface area (TPSA) is 64.5 Å². The van der Waals surface area contributed by atoms with Crippen LogP contribution in [0.15, 0.2) is 22.6 Å². The lowest BCUT2D eigenvalue weighted by molar-refractivity contribution is 0.152. The lowest BCUT2D eigenvalue weighted by Crippen LogP contribution is -2.26. The van der Waals surface area contributed by atoms with Crippen molar-refractivity contribution in [2.75, 3.05) is 36.9 Å². The molecule has 0 unspecified atom stereocenters. The third-order valence-electron chi connectivity index (χ3n) is 2.93. The number of nitrogens with two attached hydrogens (primary N) is 1. The second-order valence-electron chi connectivity index (χ2n) is 4.14.